The van der Waals surface area contributed by atoms with Crippen LogP contribution in [0.5, 0.6) is 0 Å². The molecule has 0 bridgehead atoms. The summed E-state index contributed by atoms with van der Waals surface area (Å²) in [6.07, 6.45) is 4.95. The fourth-order valence-corrected chi connectivity index (χ4v) is 2.59. The minimum atomic E-state index is -0.938. The van der Waals surface area contributed by atoms with Crippen LogP contribution in [-0.2, 0) is 0 Å². The molecule has 4 nitrogen and oxygen atoms in total. The number of carboxylic acid groups (broad SMARTS) is 1. The van der Waals surface area contributed by atoms with Gasteiger partial charge in [0.05, 0.1) is 0 Å². The topological polar surface area (TPSA) is 53.4 Å². The number of carboxylic acids is 1. The zero-order valence-electron chi connectivity index (χ0n) is 8.48. The van der Waals surface area contributed by atoms with Gasteiger partial charge in [0.2, 0.25) is 0 Å². The largest absolute Gasteiger partial charge is 0.476 e. The number of hydrogen-bond acceptors (Lipinski definition) is 4. The van der Waals surface area contributed by atoms with E-state index in [-0.39, 0.29) is 5.69 Å². The predicted octanol–water partition coefficient (Wildman–Crippen LogP) is 2.22. The fraction of sp³-hybridized carbons (Fsp3) is 0.600. The van der Waals surface area contributed by atoms with Crippen molar-refractivity contribution < 1.29 is 9.90 Å². The van der Waals surface area contributed by atoms with Gasteiger partial charge in [-0.15, -0.1) is 0 Å². The Kier molecular flexibility index (Phi) is 3.20. The minimum Gasteiger partial charge on any atom is -0.476 e. The van der Waals surface area contributed by atoms with Crippen molar-refractivity contribution in [1.82, 2.24) is 4.37 Å². The molecule has 1 aromatic rings. The Bertz CT molecular complexity index is 343. The standard InChI is InChI=1S/C10H14N2O2S/c13-10(14)8-7-9(15-11-8)12-5-3-1-2-4-6-12/h7H,1-6H2,(H,13,14). The first-order chi connectivity index (χ1) is 7.27. The first kappa shape index (κ1) is 10.4. The second kappa shape index (κ2) is 4.61. The van der Waals surface area contributed by atoms with Gasteiger partial charge in [0.1, 0.15) is 5.00 Å². The lowest BCUT2D eigenvalue weighted by Crippen LogP contribution is -2.22. The Hall–Kier alpha value is -1.10. The van der Waals surface area contributed by atoms with Crippen LogP contribution < -0.4 is 4.90 Å². The van der Waals surface area contributed by atoms with Gasteiger partial charge in [-0.1, -0.05) is 12.8 Å². The van der Waals surface area contributed by atoms with Crippen molar-refractivity contribution in [1.29, 1.82) is 0 Å². The molecule has 1 saturated heterocycles. The van der Waals surface area contributed by atoms with Gasteiger partial charge in [-0.3, -0.25) is 0 Å². The quantitative estimate of drug-likeness (QED) is 0.840. The molecular formula is C10H14N2O2S. The lowest BCUT2D eigenvalue weighted by atomic mass is 10.2. The highest BCUT2D eigenvalue weighted by atomic mass is 32.1. The molecule has 1 fully saturated rings. The van der Waals surface area contributed by atoms with Crippen molar-refractivity contribution in [2.24, 2.45) is 0 Å². The van der Waals surface area contributed by atoms with E-state index in [4.69, 9.17) is 5.11 Å². The lowest BCUT2D eigenvalue weighted by Gasteiger charge is -2.19. The molecule has 0 aromatic carbocycles. The van der Waals surface area contributed by atoms with E-state index in [9.17, 15) is 4.79 Å². The molecule has 0 radical (unpaired) electrons. The van der Waals surface area contributed by atoms with Gasteiger partial charge in [-0.25, -0.2) is 4.79 Å². The third kappa shape index (κ3) is 2.47. The maximum Gasteiger partial charge on any atom is 0.355 e. The first-order valence-corrected chi connectivity index (χ1v) is 5.99. The van der Waals surface area contributed by atoms with Crippen LogP contribution in [0.4, 0.5) is 5.00 Å². The predicted molar refractivity (Wildman–Crippen MR) is 59.8 cm³/mol. The Balaban J connectivity index is 2.10. The molecule has 82 valence electrons. The normalized spacial score (nSPS) is 17.5. The zero-order chi connectivity index (χ0) is 10.7. The van der Waals surface area contributed by atoms with Crippen molar-refractivity contribution in [3.8, 4) is 0 Å². The molecule has 0 atom stereocenters. The lowest BCUT2D eigenvalue weighted by molar-refractivity contribution is 0.0692. The van der Waals surface area contributed by atoms with E-state index in [1.54, 1.807) is 6.07 Å². The molecule has 1 aliphatic heterocycles. The summed E-state index contributed by atoms with van der Waals surface area (Å²) in [6.45, 7) is 2.06. The summed E-state index contributed by atoms with van der Waals surface area (Å²) in [7, 11) is 0. The molecule has 15 heavy (non-hydrogen) atoms. The van der Waals surface area contributed by atoms with E-state index in [0.29, 0.717) is 0 Å². The summed E-state index contributed by atoms with van der Waals surface area (Å²) in [6, 6.07) is 1.68. The molecule has 0 unspecified atom stereocenters. The molecule has 0 saturated carbocycles. The fourth-order valence-electron chi connectivity index (χ4n) is 1.81. The van der Waals surface area contributed by atoms with Crippen LogP contribution in [0, 0.1) is 0 Å². The number of rotatable bonds is 2. The highest BCUT2D eigenvalue weighted by Crippen LogP contribution is 2.24. The van der Waals surface area contributed by atoms with Crippen molar-refractivity contribution in [3.05, 3.63) is 11.8 Å². The molecule has 1 N–H and O–H groups in total. The van der Waals surface area contributed by atoms with Gasteiger partial charge in [0.15, 0.2) is 5.69 Å². The van der Waals surface area contributed by atoms with Crippen molar-refractivity contribution in [2.45, 2.75) is 25.7 Å². The van der Waals surface area contributed by atoms with Gasteiger partial charge in [0, 0.05) is 19.2 Å². The van der Waals surface area contributed by atoms with Gasteiger partial charge in [-0.05, 0) is 24.4 Å². The van der Waals surface area contributed by atoms with Gasteiger partial charge in [0.25, 0.3) is 0 Å². The SMILES string of the molecule is O=C(O)c1cc(N2CCCCCC2)sn1. The zero-order valence-corrected chi connectivity index (χ0v) is 9.29. The second-order valence-corrected chi connectivity index (χ2v) is 4.54. The second-order valence-electron chi connectivity index (χ2n) is 3.76. The highest BCUT2D eigenvalue weighted by Gasteiger charge is 2.15. The molecule has 1 aliphatic rings. The first-order valence-electron chi connectivity index (χ1n) is 5.22. The van der Waals surface area contributed by atoms with Crippen molar-refractivity contribution in [2.75, 3.05) is 18.0 Å². The van der Waals surface area contributed by atoms with Crippen LogP contribution in [0.25, 0.3) is 0 Å². The molecular weight excluding hydrogens is 212 g/mol. The third-order valence-corrected chi connectivity index (χ3v) is 3.49. The Morgan fingerprint density at radius 3 is 2.53 bits per heavy atom. The average molecular weight is 226 g/mol. The summed E-state index contributed by atoms with van der Waals surface area (Å²) in [4.78, 5) is 12.9. The van der Waals surface area contributed by atoms with E-state index in [2.05, 4.69) is 9.27 Å². The number of aromatic carboxylic acids is 1. The molecule has 2 rings (SSSR count). The van der Waals surface area contributed by atoms with Gasteiger partial charge >= 0.3 is 5.97 Å². The summed E-state index contributed by atoms with van der Waals surface area (Å²) >= 11 is 1.29. The van der Waals surface area contributed by atoms with Crippen molar-refractivity contribution in [3.63, 3.8) is 0 Å². The summed E-state index contributed by atoms with van der Waals surface area (Å²) in [5, 5.41) is 9.77. The third-order valence-electron chi connectivity index (χ3n) is 2.63. The maximum absolute atomic E-state index is 10.7. The summed E-state index contributed by atoms with van der Waals surface area (Å²) in [5.41, 5.74) is 0.166. The molecule has 0 amide bonds. The van der Waals surface area contributed by atoms with Crippen LogP contribution in [0.2, 0.25) is 0 Å². The van der Waals surface area contributed by atoms with Crippen molar-refractivity contribution >= 4 is 22.5 Å². The monoisotopic (exact) mass is 226 g/mol. The number of anilines is 1. The number of carbonyl (C=O) groups is 1. The molecule has 1 aromatic heterocycles. The van der Waals surface area contributed by atoms with E-state index in [1.807, 2.05) is 0 Å². The smallest absolute Gasteiger partial charge is 0.355 e. The molecule has 0 spiro atoms. The van der Waals surface area contributed by atoms with Gasteiger partial charge in [-0.2, -0.15) is 4.37 Å². The van der Waals surface area contributed by atoms with E-state index in [0.717, 1.165) is 18.1 Å². The Morgan fingerprint density at radius 1 is 1.33 bits per heavy atom. The molecule has 5 heteroatoms. The molecule has 2 heterocycles. The molecule has 0 aliphatic carbocycles. The van der Waals surface area contributed by atoms with Crippen LogP contribution in [0.1, 0.15) is 36.2 Å². The number of hydrogen-bond donors (Lipinski definition) is 1. The van der Waals surface area contributed by atoms with Crippen LogP contribution in [0.3, 0.4) is 0 Å². The average Bonchev–Trinajstić information content (AvgIpc) is 2.55. The van der Waals surface area contributed by atoms with E-state index < -0.39 is 5.97 Å². The van der Waals surface area contributed by atoms with Crippen LogP contribution in [0.15, 0.2) is 6.07 Å². The minimum absolute atomic E-state index is 0.166. The highest BCUT2D eigenvalue weighted by molar-refractivity contribution is 7.10. The summed E-state index contributed by atoms with van der Waals surface area (Å²) < 4.78 is 3.92. The number of nitrogens with zero attached hydrogens (tertiary/aromatic N) is 2. The van der Waals surface area contributed by atoms with Crippen LogP contribution in [-0.4, -0.2) is 28.5 Å². The van der Waals surface area contributed by atoms with Crippen LogP contribution >= 0.6 is 11.5 Å². The summed E-state index contributed by atoms with van der Waals surface area (Å²) in [5.74, 6) is -0.938. The number of aromatic nitrogens is 1. The van der Waals surface area contributed by atoms with E-state index in [1.165, 1.54) is 37.2 Å². The Morgan fingerprint density at radius 2 is 2.00 bits per heavy atom. The maximum atomic E-state index is 10.7. The van der Waals surface area contributed by atoms with Gasteiger partial charge < -0.3 is 10.0 Å². The Labute approximate surface area is 92.7 Å². The van der Waals surface area contributed by atoms with E-state index >= 15 is 0 Å².